The molecule has 7 aliphatic rings. The Kier molecular flexibility index (Phi) is 53.7. The predicted molar refractivity (Wildman–Crippen MR) is 299 cm³/mol. The van der Waals surface area contributed by atoms with Gasteiger partial charge in [-0.3, -0.25) is 0 Å². The van der Waals surface area contributed by atoms with Crippen LogP contribution in [0.1, 0.15) is 81.6 Å². The molecule has 7 atom stereocenters. The van der Waals surface area contributed by atoms with Gasteiger partial charge in [-0.1, -0.05) is 45.4 Å². The summed E-state index contributed by atoms with van der Waals surface area (Å²) in [5, 5.41) is 0. The SMILES string of the molecule is C/C=C/OC.C=C(C(=O)OC)C(F)(F)F.C=C(C)C(=O)OC.C=CC(=O)OC.C=CCOC.C=COCC.CC1CO1.CC1OC1(C)C.COCC1(C)CO1.COCC1(C)COC1.COCC1CCC2OC2C1.COCC1CO1. The molecule has 7 fully saturated rings. The number of allylic oxidation sites excluding steroid dienone is 1. The third-order valence-electron chi connectivity index (χ3n) is 10.2. The molecular weight excluding hydrogens is 1050 g/mol. The zero-order valence-corrected chi connectivity index (χ0v) is 51.2. The first-order chi connectivity index (χ1) is 37.0. The van der Waals surface area contributed by atoms with Crippen molar-refractivity contribution < 1.29 is 103 Å². The van der Waals surface area contributed by atoms with Crippen LogP contribution in [0.2, 0.25) is 0 Å². The number of hydrogen-bond donors (Lipinski definition) is 0. The van der Waals surface area contributed by atoms with Crippen molar-refractivity contribution >= 4 is 17.9 Å². The Morgan fingerprint density at radius 3 is 1.38 bits per heavy atom. The summed E-state index contributed by atoms with van der Waals surface area (Å²) in [6.45, 7) is 42.8. The van der Waals surface area contributed by atoms with Crippen molar-refractivity contribution in [3.8, 4) is 0 Å². The Hall–Kier alpha value is -4.20. The lowest BCUT2D eigenvalue weighted by atomic mass is 9.90. The minimum atomic E-state index is -4.69. The average molecular weight is 1150 g/mol. The predicted octanol–water partition coefficient (Wildman–Crippen LogP) is 9.42. The van der Waals surface area contributed by atoms with Gasteiger partial charge in [0.15, 0.2) is 0 Å². The van der Waals surface area contributed by atoms with Crippen molar-refractivity contribution in [2.75, 3.05) is 137 Å². The van der Waals surface area contributed by atoms with Gasteiger partial charge in [-0.05, 0) is 80.6 Å². The molecule has 0 aromatic rings. The highest BCUT2D eigenvalue weighted by Crippen LogP contribution is 2.39. The van der Waals surface area contributed by atoms with Gasteiger partial charge in [0, 0.05) is 59.2 Å². The molecule has 19 nitrogen and oxygen atoms in total. The molecule has 0 spiro atoms. The van der Waals surface area contributed by atoms with Crippen LogP contribution in [-0.4, -0.2) is 202 Å². The van der Waals surface area contributed by atoms with E-state index < -0.39 is 23.7 Å². The maximum absolute atomic E-state index is 11.5. The van der Waals surface area contributed by atoms with Gasteiger partial charge in [-0.15, -0.1) is 6.58 Å². The summed E-state index contributed by atoms with van der Waals surface area (Å²) in [5.41, 5.74) is -0.443. The van der Waals surface area contributed by atoms with Crippen molar-refractivity contribution in [3.05, 3.63) is 74.8 Å². The Balaban J connectivity index is -0.000000254. The second kappa shape index (κ2) is 50.7. The van der Waals surface area contributed by atoms with Gasteiger partial charge < -0.3 is 75.8 Å². The molecule has 1 aliphatic carbocycles. The van der Waals surface area contributed by atoms with E-state index in [9.17, 15) is 27.6 Å². The number of carbonyl (C=O) groups is 3. The molecule has 6 aliphatic heterocycles. The fourth-order valence-electron chi connectivity index (χ4n) is 5.00. The Morgan fingerprint density at radius 1 is 0.734 bits per heavy atom. The molecule has 7 unspecified atom stereocenters. The van der Waals surface area contributed by atoms with E-state index >= 15 is 0 Å². The molecular formula is C57H103F3O19. The highest BCUT2D eigenvalue weighted by Gasteiger charge is 2.44. The Labute approximate surface area is 472 Å². The van der Waals surface area contributed by atoms with Gasteiger partial charge in [-0.25, -0.2) is 14.4 Å². The number of rotatable bonds is 16. The van der Waals surface area contributed by atoms with Gasteiger partial charge in [0.2, 0.25) is 0 Å². The molecule has 22 heteroatoms. The molecule has 6 saturated heterocycles. The summed E-state index contributed by atoms with van der Waals surface area (Å²) < 4.78 is 110. The van der Waals surface area contributed by atoms with Gasteiger partial charge in [0.25, 0.3) is 0 Å². The van der Waals surface area contributed by atoms with Crippen molar-refractivity contribution in [2.45, 2.75) is 129 Å². The van der Waals surface area contributed by atoms with Crippen molar-refractivity contribution in [3.63, 3.8) is 0 Å². The van der Waals surface area contributed by atoms with Crippen LogP contribution in [-0.2, 0) is 90.2 Å². The summed E-state index contributed by atoms with van der Waals surface area (Å²) in [6, 6.07) is 0. The lowest BCUT2D eigenvalue weighted by molar-refractivity contribution is -0.148. The lowest BCUT2D eigenvalue weighted by Gasteiger charge is -2.37. The van der Waals surface area contributed by atoms with Gasteiger partial charge in [0.1, 0.15) is 17.3 Å². The van der Waals surface area contributed by atoms with Crippen LogP contribution in [0, 0.1) is 11.3 Å². The van der Waals surface area contributed by atoms with Gasteiger partial charge >= 0.3 is 24.1 Å². The fraction of sp³-hybridized carbons (Fsp3) is 0.737. The van der Waals surface area contributed by atoms with Crippen molar-refractivity contribution in [1.82, 2.24) is 0 Å². The lowest BCUT2D eigenvalue weighted by Crippen LogP contribution is -2.43. The summed E-state index contributed by atoms with van der Waals surface area (Å²) in [4.78, 5) is 30.1. The number of hydrogen-bond acceptors (Lipinski definition) is 19. The highest BCUT2D eigenvalue weighted by atomic mass is 19.4. The molecule has 0 radical (unpaired) electrons. The third-order valence-corrected chi connectivity index (χ3v) is 10.2. The summed E-state index contributed by atoms with van der Waals surface area (Å²) in [7, 11) is 13.6. The van der Waals surface area contributed by atoms with Crippen LogP contribution in [0.25, 0.3) is 0 Å². The number of ether oxygens (including phenoxy) is 16. The number of alkyl halides is 3. The smallest absolute Gasteiger partial charge is 0.422 e. The molecule has 466 valence electrons. The van der Waals surface area contributed by atoms with Crippen LogP contribution in [0.15, 0.2) is 74.8 Å². The van der Waals surface area contributed by atoms with E-state index in [0.29, 0.717) is 48.1 Å². The number of halogens is 3. The topological polar surface area (TPSA) is 215 Å². The van der Waals surface area contributed by atoms with Crippen LogP contribution in [0.3, 0.4) is 0 Å². The number of esters is 3. The number of carbonyl (C=O) groups excluding carboxylic acids is 3. The average Bonchev–Trinajstić information content (AvgIpc) is 4.08. The Bertz CT molecular complexity index is 1600. The monoisotopic (exact) mass is 1150 g/mol. The van der Waals surface area contributed by atoms with Gasteiger partial charge in [0.05, 0.1) is 137 Å². The number of methoxy groups -OCH3 is 9. The molecule has 7 rings (SSSR count). The quantitative estimate of drug-likeness (QED) is 0.0351. The van der Waals surface area contributed by atoms with E-state index in [1.54, 1.807) is 61.9 Å². The van der Waals surface area contributed by atoms with E-state index in [1.807, 2.05) is 26.8 Å². The summed E-state index contributed by atoms with van der Waals surface area (Å²) in [5.74, 6) is -1.42. The van der Waals surface area contributed by atoms with E-state index in [4.69, 9.17) is 47.4 Å². The molecule has 0 N–H and O–H groups in total. The first-order valence-electron chi connectivity index (χ1n) is 25.5. The second-order valence-corrected chi connectivity index (χ2v) is 18.7. The standard InChI is InChI=1S/C8H14O2.C6H12O2.C5H5F3O2.C5H10O2.C5H8O2.C5H10O.C4H8O2.C4H6O2.3C4H8O.C3H6O/c1-9-5-6-2-3-7-8(4-6)10-7;1-6(3-7-2)4-8-5-6;1-3(4(9)10-2)5(6,7)8;1-5(3-6-2)4-7-5;1-4(2)5(6)7-3;1-4-5(2,3)6-4;1-5-2-4-3-6-4;1-3-4(5)6-2;2*1-3-4-5-2;1-3-5-4-2;1-3-2-4-3/h6-8H,2-5H2,1H3;3-5H2,1-2H3;1H2,2H3;3-4H2,1-2H3;1H2,2-3H3;4H,1-3H3;4H,2-3H2,1H3;3H,1H2,2H3;3-4H,1-2H3;2*3H,1,4H2,2H3;3H,2H2,1H3/b;;;;;;;;4-3+;;;. The molecule has 0 bridgehead atoms. The first kappa shape index (κ1) is 83.6. The van der Waals surface area contributed by atoms with Crippen LogP contribution >= 0.6 is 0 Å². The zero-order valence-electron chi connectivity index (χ0n) is 51.2. The highest BCUT2D eigenvalue weighted by molar-refractivity contribution is 5.89. The van der Waals surface area contributed by atoms with Crippen molar-refractivity contribution in [1.29, 1.82) is 0 Å². The molecule has 6 heterocycles. The maximum atomic E-state index is 11.5. The van der Waals surface area contributed by atoms with Crippen LogP contribution < -0.4 is 0 Å². The van der Waals surface area contributed by atoms with Crippen LogP contribution in [0.4, 0.5) is 13.2 Å². The summed E-state index contributed by atoms with van der Waals surface area (Å²) in [6.07, 6.45) is 9.56. The van der Waals surface area contributed by atoms with E-state index in [1.165, 1.54) is 39.7 Å². The maximum Gasteiger partial charge on any atom is 0.422 e. The number of fused-ring (bicyclic) bond motifs is 1. The minimum Gasteiger partial charge on any atom is -0.505 e. The zero-order chi connectivity index (χ0) is 62.1. The fourth-order valence-corrected chi connectivity index (χ4v) is 5.00. The first-order valence-corrected chi connectivity index (χ1v) is 25.5. The third kappa shape index (κ3) is 58.3. The number of epoxide rings is 5. The Morgan fingerprint density at radius 2 is 1.24 bits per heavy atom. The molecule has 0 aromatic heterocycles. The van der Waals surface area contributed by atoms with Gasteiger partial charge in [-0.2, -0.15) is 13.2 Å². The molecule has 0 amide bonds. The molecule has 1 saturated carbocycles. The largest absolute Gasteiger partial charge is 0.505 e. The summed E-state index contributed by atoms with van der Waals surface area (Å²) >= 11 is 0. The molecule has 0 aromatic carbocycles. The van der Waals surface area contributed by atoms with Crippen molar-refractivity contribution in [2.24, 2.45) is 11.3 Å². The second-order valence-electron chi connectivity index (χ2n) is 18.7. The van der Waals surface area contributed by atoms with E-state index in [-0.39, 0.29) is 17.2 Å². The van der Waals surface area contributed by atoms with Crippen LogP contribution in [0.5, 0.6) is 0 Å². The van der Waals surface area contributed by atoms with E-state index in [2.05, 4.69) is 95.9 Å². The molecule has 79 heavy (non-hydrogen) atoms. The van der Waals surface area contributed by atoms with E-state index in [0.717, 1.165) is 85.2 Å². The minimum absolute atomic E-state index is 0.0781. The normalized spacial score (nSPS) is 22.9.